The lowest BCUT2D eigenvalue weighted by atomic mass is 10.2. The molecule has 0 aliphatic carbocycles. The highest BCUT2D eigenvalue weighted by atomic mass is 35.5. The number of para-hydroxylation sites is 1. The van der Waals surface area contributed by atoms with Gasteiger partial charge in [-0.1, -0.05) is 23.7 Å². The lowest BCUT2D eigenvalue weighted by molar-refractivity contribution is -0.119. The molecule has 0 N–H and O–H groups in total. The minimum Gasteiger partial charge on any atom is -0.368 e. The van der Waals surface area contributed by atoms with Crippen molar-refractivity contribution in [3.63, 3.8) is 0 Å². The summed E-state index contributed by atoms with van der Waals surface area (Å²) >= 11 is 6.28. The highest BCUT2D eigenvalue weighted by Gasteiger charge is 2.23. The van der Waals surface area contributed by atoms with Gasteiger partial charge in [-0.15, -0.1) is 0 Å². The van der Waals surface area contributed by atoms with E-state index in [1.807, 2.05) is 24.3 Å². The molecule has 28 heavy (non-hydrogen) atoms. The summed E-state index contributed by atoms with van der Waals surface area (Å²) in [6.07, 6.45) is 0.226. The van der Waals surface area contributed by atoms with Crippen LogP contribution in [0.15, 0.2) is 48.5 Å². The number of carbonyl (C=O) groups excluding carboxylic acids is 1. The number of halogens is 2. The van der Waals surface area contributed by atoms with E-state index in [0.717, 1.165) is 36.9 Å². The molecule has 3 rings (SSSR count). The topological polar surface area (TPSA) is 50.6 Å². The van der Waals surface area contributed by atoms with Crippen molar-refractivity contribution in [3.8, 4) is 6.07 Å². The standard InChI is InChI=1S/C21H22ClFN4O/c22-19-4-1-2-5-20(19)26-14-12-25(13-15-26)16-21(28)27(11-3-10-24)18-8-6-17(23)7-9-18/h1-2,4-9H,3,11-16H2. The molecule has 1 fully saturated rings. The van der Waals surface area contributed by atoms with E-state index in [9.17, 15) is 9.18 Å². The minimum atomic E-state index is -0.355. The summed E-state index contributed by atoms with van der Waals surface area (Å²) in [5, 5.41) is 9.62. The Morgan fingerprint density at radius 2 is 1.79 bits per heavy atom. The number of amides is 1. The Kier molecular flexibility index (Phi) is 6.85. The summed E-state index contributed by atoms with van der Waals surface area (Å²) in [5.74, 6) is -0.444. The van der Waals surface area contributed by atoms with Crippen LogP contribution < -0.4 is 9.80 Å². The van der Waals surface area contributed by atoms with E-state index in [4.69, 9.17) is 16.9 Å². The lowest BCUT2D eigenvalue weighted by Gasteiger charge is -2.37. The van der Waals surface area contributed by atoms with E-state index < -0.39 is 0 Å². The molecule has 0 atom stereocenters. The van der Waals surface area contributed by atoms with E-state index in [-0.39, 0.29) is 24.7 Å². The molecule has 0 bridgehead atoms. The van der Waals surface area contributed by atoms with Gasteiger partial charge in [0.15, 0.2) is 0 Å². The van der Waals surface area contributed by atoms with Crippen molar-refractivity contribution in [2.75, 3.05) is 49.1 Å². The van der Waals surface area contributed by atoms with Crippen LogP contribution in [-0.2, 0) is 4.79 Å². The molecule has 2 aromatic rings. The summed E-state index contributed by atoms with van der Waals surface area (Å²) in [6, 6.07) is 15.6. The predicted octanol–water partition coefficient (Wildman–Crippen LogP) is 3.55. The summed E-state index contributed by atoms with van der Waals surface area (Å²) in [7, 11) is 0. The Morgan fingerprint density at radius 1 is 1.11 bits per heavy atom. The van der Waals surface area contributed by atoms with Crippen LogP contribution in [0.1, 0.15) is 6.42 Å². The fourth-order valence-electron chi connectivity index (χ4n) is 3.31. The smallest absolute Gasteiger partial charge is 0.241 e. The zero-order valence-corrected chi connectivity index (χ0v) is 16.3. The third-order valence-corrected chi connectivity index (χ3v) is 5.13. The zero-order chi connectivity index (χ0) is 19.9. The lowest BCUT2D eigenvalue weighted by Crippen LogP contribution is -2.50. The normalized spacial score (nSPS) is 14.5. The van der Waals surface area contributed by atoms with Gasteiger partial charge in [0.2, 0.25) is 5.91 Å². The summed E-state index contributed by atoms with van der Waals surface area (Å²) < 4.78 is 13.2. The second kappa shape index (κ2) is 9.54. The number of anilines is 2. The quantitative estimate of drug-likeness (QED) is 0.744. The van der Waals surface area contributed by atoms with Crippen molar-refractivity contribution in [2.45, 2.75) is 6.42 Å². The number of carbonyl (C=O) groups is 1. The maximum atomic E-state index is 13.2. The fraction of sp³-hybridized carbons (Fsp3) is 0.333. The van der Waals surface area contributed by atoms with Crippen molar-refractivity contribution < 1.29 is 9.18 Å². The van der Waals surface area contributed by atoms with Gasteiger partial charge in [0.1, 0.15) is 5.82 Å². The number of rotatable bonds is 6. The van der Waals surface area contributed by atoms with Crippen LogP contribution in [0.3, 0.4) is 0 Å². The van der Waals surface area contributed by atoms with Crippen LogP contribution in [0, 0.1) is 17.1 Å². The molecule has 1 saturated heterocycles. The average Bonchev–Trinajstić information content (AvgIpc) is 2.71. The molecule has 1 amide bonds. The second-order valence-corrected chi connectivity index (χ2v) is 7.05. The van der Waals surface area contributed by atoms with E-state index >= 15 is 0 Å². The first-order chi connectivity index (χ1) is 13.6. The number of benzene rings is 2. The summed E-state index contributed by atoms with van der Waals surface area (Å²) in [6.45, 7) is 3.61. The van der Waals surface area contributed by atoms with E-state index in [1.165, 1.54) is 12.1 Å². The van der Waals surface area contributed by atoms with E-state index in [0.29, 0.717) is 12.2 Å². The van der Waals surface area contributed by atoms with Crippen molar-refractivity contribution in [1.29, 1.82) is 5.26 Å². The first-order valence-electron chi connectivity index (χ1n) is 9.23. The van der Waals surface area contributed by atoms with E-state index in [1.54, 1.807) is 17.0 Å². The molecule has 1 aliphatic heterocycles. The van der Waals surface area contributed by atoms with Gasteiger partial charge in [-0.25, -0.2) is 4.39 Å². The third-order valence-electron chi connectivity index (χ3n) is 4.81. The van der Waals surface area contributed by atoms with Gasteiger partial charge < -0.3 is 9.80 Å². The molecule has 2 aromatic carbocycles. The van der Waals surface area contributed by atoms with Crippen molar-refractivity contribution in [1.82, 2.24) is 4.90 Å². The fourth-order valence-corrected chi connectivity index (χ4v) is 3.57. The Hall–Kier alpha value is -2.62. The number of hydrogen-bond donors (Lipinski definition) is 0. The SMILES string of the molecule is N#CCCN(C(=O)CN1CCN(c2ccccc2Cl)CC1)c1ccc(F)cc1. The van der Waals surface area contributed by atoms with Crippen LogP contribution in [0.5, 0.6) is 0 Å². The van der Waals surface area contributed by atoms with Crippen molar-refractivity contribution >= 4 is 28.9 Å². The number of hydrogen-bond acceptors (Lipinski definition) is 4. The van der Waals surface area contributed by atoms with Gasteiger partial charge in [0.05, 0.1) is 29.7 Å². The molecule has 5 nitrogen and oxygen atoms in total. The van der Waals surface area contributed by atoms with Crippen LogP contribution in [0.4, 0.5) is 15.8 Å². The van der Waals surface area contributed by atoms with Crippen LogP contribution in [0.2, 0.25) is 5.02 Å². The molecule has 0 aromatic heterocycles. The Labute approximate surface area is 169 Å². The summed E-state index contributed by atoms with van der Waals surface area (Å²) in [4.78, 5) is 18.7. The van der Waals surface area contributed by atoms with Crippen LogP contribution in [0.25, 0.3) is 0 Å². The maximum Gasteiger partial charge on any atom is 0.241 e. The molecule has 0 spiro atoms. The van der Waals surface area contributed by atoms with Crippen LogP contribution in [-0.4, -0.2) is 50.1 Å². The first kappa shape index (κ1) is 20.1. The Bertz CT molecular complexity index is 844. The van der Waals surface area contributed by atoms with E-state index in [2.05, 4.69) is 15.9 Å². The monoisotopic (exact) mass is 400 g/mol. The molecule has 0 unspecified atom stereocenters. The molecular weight excluding hydrogens is 379 g/mol. The van der Waals surface area contributed by atoms with Gasteiger partial charge in [-0.2, -0.15) is 5.26 Å². The number of piperazine rings is 1. The van der Waals surface area contributed by atoms with Gasteiger partial charge >= 0.3 is 0 Å². The van der Waals surface area contributed by atoms with Gasteiger partial charge in [0.25, 0.3) is 0 Å². The zero-order valence-electron chi connectivity index (χ0n) is 15.5. The Morgan fingerprint density at radius 3 is 2.43 bits per heavy atom. The highest BCUT2D eigenvalue weighted by molar-refractivity contribution is 6.33. The van der Waals surface area contributed by atoms with Gasteiger partial charge in [0, 0.05) is 38.4 Å². The van der Waals surface area contributed by atoms with Crippen molar-refractivity contribution in [2.24, 2.45) is 0 Å². The second-order valence-electron chi connectivity index (χ2n) is 6.64. The minimum absolute atomic E-state index is 0.0898. The van der Waals surface area contributed by atoms with Gasteiger partial charge in [-0.05, 0) is 36.4 Å². The molecule has 7 heteroatoms. The molecule has 1 aliphatic rings. The van der Waals surface area contributed by atoms with Gasteiger partial charge in [-0.3, -0.25) is 9.69 Å². The molecule has 0 radical (unpaired) electrons. The van der Waals surface area contributed by atoms with Crippen molar-refractivity contribution in [3.05, 3.63) is 59.4 Å². The molecule has 146 valence electrons. The number of nitriles is 1. The van der Waals surface area contributed by atoms with Crippen LogP contribution >= 0.6 is 11.6 Å². The average molecular weight is 401 g/mol. The largest absolute Gasteiger partial charge is 0.368 e. The molecule has 0 saturated carbocycles. The molecule has 1 heterocycles. The number of nitrogens with zero attached hydrogens (tertiary/aromatic N) is 4. The highest BCUT2D eigenvalue weighted by Crippen LogP contribution is 2.26. The third kappa shape index (κ3) is 5.00. The Balaban J connectivity index is 1.60. The molecular formula is C21H22ClFN4O. The summed E-state index contributed by atoms with van der Waals surface area (Å²) in [5.41, 5.74) is 1.62. The predicted molar refractivity (Wildman–Crippen MR) is 109 cm³/mol. The maximum absolute atomic E-state index is 13.2. The first-order valence-corrected chi connectivity index (χ1v) is 9.61.